The minimum absolute atomic E-state index is 0.141. The number of aromatic nitrogens is 1. The van der Waals surface area contributed by atoms with Crippen LogP contribution in [-0.4, -0.2) is 97.8 Å². The molecule has 2 aromatic carbocycles. The summed E-state index contributed by atoms with van der Waals surface area (Å²) in [4.78, 5) is 28.8. The highest BCUT2D eigenvalue weighted by atomic mass is 16.7. The number of likely N-dealkylation sites (tertiary alicyclic amines) is 2. The molecule has 1 aromatic heterocycles. The van der Waals surface area contributed by atoms with E-state index in [1.165, 1.54) is 12.8 Å². The zero-order valence-corrected chi connectivity index (χ0v) is 22.8. The molecule has 3 aromatic rings. The van der Waals surface area contributed by atoms with E-state index < -0.39 is 0 Å². The number of nitrogens with zero attached hydrogens (tertiary/aromatic N) is 5. The van der Waals surface area contributed by atoms with E-state index in [1.54, 1.807) is 0 Å². The highest BCUT2D eigenvalue weighted by molar-refractivity contribution is 6.08. The van der Waals surface area contributed by atoms with Crippen molar-refractivity contribution in [3.8, 4) is 22.6 Å². The Morgan fingerprint density at radius 3 is 2.49 bits per heavy atom. The van der Waals surface area contributed by atoms with Crippen LogP contribution in [0.5, 0.6) is 11.5 Å². The Balaban J connectivity index is 1.28. The van der Waals surface area contributed by atoms with Crippen molar-refractivity contribution < 1.29 is 14.3 Å². The van der Waals surface area contributed by atoms with Gasteiger partial charge in [0.05, 0.1) is 11.1 Å². The summed E-state index contributed by atoms with van der Waals surface area (Å²) in [5.41, 5.74) is 3.72. The number of anilines is 1. The summed E-state index contributed by atoms with van der Waals surface area (Å²) in [5, 5.41) is 0.917. The highest BCUT2D eigenvalue weighted by Gasteiger charge is 2.33. The minimum Gasteiger partial charge on any atom is -0.454 e. The quantitative estimate of drug-likeness (QED) is 0.496. The van der Waals surface area contributed by atoms with Gasteiger partial charge in [0.15, 0.2) is 11.5 Å². The van der Waals surface area contributed by atoms with E-state index in [2.05, 4.69) is 57.0 Å². The molecule has 1 atom stereocenters. The summed E-state index contributed by atoms with van der Waals surface area (Å²) in [7, 11) is 2.16. The van der Waals surface area contributed by atoms with E-state index in [0.29, 0.717) is 0 Å². The Morgan fingerprint density at radius 2 is 1.64 bits per heavy atom. The molecule has 3 saturated heterocycles. The van der Waals surface area contributed by atoms with Crippen molar-refractivity contribution in [2.24, 2.45) is 0 Å². The number of fused-ring (bicyclic) bond motifs is 2. The van der Waals surface area contributed by atoms with Gasteiger partial charge in [-0.2, -0.15) is 0 Å². The van der Waals surface area contributed by atoms with Gasteiger partial charge in [-0.05, 0) is 87.3 Å². The van der Waals surface area contributed by atoms with E-state index in [-0.39, 0.29) is 18.7 Å². The molecular weight excluding hydrogens is 490 g/mol. The van der Waals surface area contributed by atoms with Crippen LogP contribution in [0.2, 0.25) is 0 Å². The standard InChI is InChI=1S/C31H37N5O3/c1-33-13-15-35(16-14-33)30-19-26(31(37)36-12-4-5-24(36)20-34-10-2-3-11-34)25-17-22(6-8-27(25)32-30)23-7-9-28-29(18-23)39-21-38-28/h6-9,17-19,24H,2-5,10-16,20-21H2,1H3/t24-/m0/s1. The molecule has 0 unspecified atom stereocenters. The Morgan fingerprint density at radius 1 is 0.872 bits per heavy atom. The van der Waals surface area contributed by atoms with Gasteiger partial charge in [0.25, 0.3) is 5.91 Å². The molecule has 8 heteroatoms. The average Bonchev–Trinajstić information content (AvgIpc) is 3.75. The number of amides is 1. The van der Waals surface area contributed by atoms with Crippen molar-refractivity contribution in [1.82, 2.24) is 19.7 Å². The number of pyridine rings is 1. The van der Waals surface area contributed by atoms with Crippen LogP contribution >= 0.6 is 0 Å². The minimum atomic E-state index is 0.141. The largest absolute Gasteiger partial charge is 0.454 e. The molecule has 1 amide bonds. The van der Waals surface area contributed by atoms with Crippen molar-refractivity contribution >= 4 is 22.6 Å². The lowest BCUT2D eigenvalue weighted by Crippen LogP contribution is -2.45. The summed E-state index contributed by atoms with van der Waals surface area (Å²) in [5.74, 6) is 2.58. The van der Waals surface area contributed by atoms with Gasteiger partial charge in [0, 0.05) is 50.7 Å². The average molecular weight is 528 g/mol. The van der Waals surface area contributed by atoms with Crippen molar-refractivity contribution in [3.05, 3.63) is 48.0 Å². The van der Waals surface area contributed by atoms with Crippen LogP contribution < -0.4 is 14.4 Å². The molecule has 204 valence electrons. The van der Waals surface area contributed by atoms with Crippen LogP contribution in [0.15, 0.2) is 42.5 Å². The molecule has 4 aliphatic rings. The van der Waals surface area contributed by atoms with E-state index >= 15 is 0 Å². The zero-order chi connectivity index (χ0) is 26.3. The second-order valence-electron chi connectivity index (χ2n) is 11.4. The molecule has 4 aliphatic heterocycles. The number of carbonyl (C=O) groups is 1. The monoisotopic (exact) mass is 527 g/mol. The first kappa shape index (κ1) is 24.7. The third-order valence-corrected chi connectivity index (χ3v) is 8.86. The predicted octanol–water partition coefficient (Wildman–Crippen LogP) is 4.08. The van der Waals surface area contributed by atoms with Gasteiger partial charge in [0.1, 0.15) is 5.82 Å². The van der Waals surface area contributed by atoms with E-state index in [9.17, 15) is 4.79 Å². The van der Waals surface area contributed by atoms with Gasteiger partial charge >= 0.3 is 0 Å². The molecular formula is C31H37N5O3. The number of hydrogen-bond donors (Lipinski definition) is 0. The molecule has 0 bridgehead atoms. The fourth-order valence-corrected chi connectivity index (χ4v) is 6.55. The number of carbonyl (C=O) groups excluding carboxylic acids is 1. The topological polar surface area (TPSA) is 61.4 Å². The molecule has 3 fully saturated rings. The van der Waals surface area contributed by atoms with Crippen LogP contribution in [0.1, 0.15) is 36.0 Å². The second-order valence-corrected chi connectivity index (χ2v) is 11.4. The van der Waals surface area contributed by atoms with Crippen LogP contribution in [0.4, 0.5) is 5.82 Å². The number of hydrogen-bond acceptors (Lipinski definition) is 7. The lowest BCUT2D eigenvalue weighted by atomic mass is 9.99. The fraction of sp³-hybridized carbons (Fsp3) is 0.484. The van der Waals surface area contributed by atoms with Crippen molar-refractivity contribution in [2.45, 2.75) is 31.7 Å². The van der Waals surface area contributed by atoms with Gasteiger partial charge in [0.2, 0.25) is 6.79 Å². The lowest BCUT2D eigenvalue weighted by Gasteiger charge is -2.34. The van der Waals surface area contributed by atoms with Gasteiger partial charge in [-0.15, -0.1) is 0 Å². The van der Waals surface area contributed by atoms with Crippen LogP contribution in [0, 0.1) is 0 Å². The van der Waals surface area contributed by atoms with Crippen molar-refractivity contribution in [2.75, 3.05) is 71.1 Å². The molecule has 7 rings (SSSR count). The van der Waals surface area contributed by atoms with Crippen LogP contribution in [0.25, 0.3) is 22.0 Å². The smallest absolute Gasteiger partial charge is 0.254 e. The first-order chi connectivity index (χ1) is 19.1. The third-order valence-electron chi connectivity index (χ3n) is 8.86. The summed E-state index contributed by atoms with van der Waals surface area (Å²) < 4.78 is 11.1. The Bertz CT molecular complexity index is 1380. The number of ether oxygens (including phenoxy) is 2. The van der Waals surface area contributed by atoms with E-state index in [1.807, 2.05) is 12.1 Å². The summed E-state index contributed by atoms with van der Waals surface area (Å²) >= 11 is 0. The molecule has 39 heavy (non-hydrogen) atoms. The Kier molecular flexibility index (Phi) is 6.52. The number of likely N-dealkylation sites (N-methyl/N-ethyl adjacent to an activating group) is 1. The van der Waals surface area contributed by atoms with Crippen molar-refractivity contribution in [1.29, 1.82) is 0 Å². The van der Waals surface area contributed by atoms with E-state index in [0.717, 1.165) is 110 Å². The number of rotatable bonds is 5. The summed E-state index contributed by atoms with van der Waals surface area (Å²) in [6.45, 7) is 8.20. The molecule has 0 radical (unpaired) electrons. The first-order valence-electron chi connectivity index (χ1n) is 14.4. The molecule has 0 aliphatic carbocycles. The van der Waals surface area contributed by atoms with Gasteiger partial charge < -0.3 is 29.1 Å². The molecule has 0 spiro atoms. The molecule has 5 heterocycles. The Labute approximate surface area is 230 Å². The number of benzene rings is 2. The van der Waals surface area contributed by atoms with E-state index in [4.69, 9.17) is 14.5 Å². The SMILES string of the molecule is CN1CCN(c2cc(C(=O)N3CCC[C@H]3CN3CCCC3)c3cc(-c4ccc5c(c4)OCO5)ccc3n2)CC1. The van der Waals surface area contributed by atoms with Gasteiger partial charge in [-0.25, -0.2) is 4.98 Å². The van der Waals surface area contributed by atoms with Crippen LogP contribution in [0.3, 0.4) is 0 Å². The Hall–Kier alpha value is -3.36. The summed E-state index contributed by atoms with van der Waals surface area (Å²) in [6, 6.07) is 14.7. The first-order valence-corrected chi connectivity index (χ1v) is 14.4. The maximum atomic E-state index is 14.3. The zero-order valence-electron chi connectivity index (χ0n) is 22.8. The maximum Gasteiger partial charge on any atom is 0.254 e. The molecule has 0 saturated carbocycles. The third kappa shape index (κ3) is 4.80. The van der Waals surface area contributed by atoms with Crippen molar-refractivity contribution in [3.63, 3.8) is 0 Å². The second kappa shape index (κ2) is 10.3. The number of piperazine rings is 1. The predicted molar refractivity (Wildman–Crippen MR) is 153 cm³/mol. The van der Waals surface area contributed by atoms with Crippen LogP contribution in [-0.2, 0) is 0 Å². The summed E-state index contributed by atoms with van der Waals surface area (Å²) in [6.07, 6.45) is 4.69. The molecule has 8 nitrogen and oxygen atoms in total. The fourth-order valence-electron chi connectivity index (χ4n) is 6.55. The van der Waals surface area contributed by atoms with Gasteiger partial charge in [-0.3, -0.25) is 4.79 Å². The lowest BCUT2D eigenvalue weighted by molar-refractivity contribution is 0.0710. The van der Waals surface area contributed by atoms with Gasteiger partial charge in [-0.1, -0.05) is 12.1 Å². The highest BCUT2D eigenvalue weighted by Crippen LogP contribution is 2.37. The maximum absolute atomic E-state index is 14.3. The molecule has 0 N–H and O–H groups in total. The normalized spacial score (nSPS) is 21.8.